The Morgan fingerprint density at radius 1 is 1.36 bits per heavy atom. The summed E-state index contributed by atoms with van der Waals surface area (Å²) in [6.07, 6.45) is 5.78. The minimum atomic E-state index is 0. The smallest absolute Gasteiger partial charge is 0.191 e. The molecule has 3 rings (SSSR count). The van der Waals surface area contributed by atoms with E-state index in [0.29, 0.717) is 6.04 Å². The summed E-state index contributed by atoms with van der Waals surface area (Å²) in [5.41, 5.74) is 1.18. The van der Waals surface area contributed by atoms with Crippen LogP contribution < -0.4 is 15.5 Å². The monoisotopic (exact) mass is 415 g/mol. The Labute approximate surface area is 150 Å². The lowest BCUT2D eigenvalue weighted by molar-refractivity contribution is 0.762. The Morgan fingerprint density at radius 3 is 2.64 bits per heavy atom. The van der Waals surface area contributed by atoms with Crippen LogP contribution in [0, 0.1) is 5.92 Å². The van der Waals surface area contributed by atoms with Crippen molar-refractivity contribution in [1.82, 2.24) is 15.6 Å². The molecule has 122 valence electrons. The van der Waals surface area contributed by atoms with Crippen molar-refractivity contribution in [3.8, 4) is 0 Å². The summed E-state index contributed by atoms with van der Waals surface area (Å²) >= 11 is 0. The van der Waals surface area contributed by atoms with Crippen molar-refractivity contribution in [3.05, 3.63) is 23.9 Å². The normalized spacial score (nSPS) is 23.9. The molecule has 5 nitrogen and oxygen atoms in total. The van der Waals surface area contributed by atoms with Gasteiger partial charge in [-0.1, -0.05) is 13.0 Å². The lowest BCUT2D eigenvalue weighted by atomic mass is 10.3. The largest absolute Gasteiger partial charge is 0.357 e. The first-order valence-electron chi connectivity index (χ1n) is 7.93. The lowest BCUT2D eigenvalue weighted by Gasteiger charge is -2.16. The third kappa shape index (κ3) is 4.47. The summed E-state index contributed by atoms with van der Waals surface area (Å²) in [5.74, 6) is 2.75. The third-order valence-corrected chi connectivity index (χ3v) is 4.35. The van der Waals surface area contributed by atoms with Crippen LogP contribution in [0.5, 0.6) is 0 Å². The Bertz CT molecular complexity index is 496. The van der Waals surface area contributed by atoms with Gasteiger partial charge >= 0.3 is 0 Å². The fourth-order valence-electron chi connectivity index (χ4n) is 2.73. The molecule has 1 aromatic heterocycles. The molecule has 2 N–H and O–H groups in total. The van der Waals surface area contributed by atoms with Crippen LogP contribution in [0.4, 0.5) is 5.82 Å². The highest BCUT2D eigenvalue weighted by Crippen LogP contribution is 2.28. The van der Waals surface area contributed by atoms with E-state index in [9.17, 15) is 0 Å². The molecule has 2 unspecified atom stereocenters. The number of nitrogens with zero attached hydrogens (tertiary/aromatic N) is 3. The average molecular weight is 415 g/mol. The minimum absolute atomic E-state index is 0. The molecule has 0 bridgehead atoms. The second kappa shape index (κ2) is 7.99. The van der Waals surface area contributed by atoms with Gasteiger partial charge in [0.1, 0.15) is 5.82 Å². The SMILES string of the molecule is CN=C(NCc1ccc(N2CCCC2)nc1)NC1CC1C.I. The third-order valence-electron chi connectivity index (χ3n) is 4.35. The van der Waals surface area contributed by atoms with Gasteiger partial charge in [-0.2, -0.15) is 0 Å². The second-order valence-electron chi connectivity index (χ2n) is 6.11. The number of rotatable bonds is 4. The molecule has 0 aromatic carbocycles. The minimum Gasteiger partial charge on any atom is -0.357 e. The molecule has 0 amide bonds. The van der Waals surface area contributed by atoms with Crippen molar-refractivity contribution < 1.29 is 0 Å². The molecule has 2 fully saturated rings. The Hall–Kier alpha value is -1.05. The number of aromatic nitrogens is 1. The van der Waals surface area contributed by atoms with Crippen LogP contribution >= 0.6 is 24.0 Å². The molecule has 2 heterocycles. The molecule has 1 saturated carbocycles. The van der Waals surface area contributed by atoms with Gasteiger partial charge < -0.3 is 15.5 Å². The predicted molar refractivity (Wildman–Crippen MR) is 102 cm³/mol. The van der Waals surface area contributed by atoms with E-state index in [4.69, 9.17) is 0 Å². The van der Waals surface area contributed by atoms with Crippen LogP contribution in [0.15, 0.2) is 23.3 Å². The Kier molecular flexibility index (Phi) is 6.28. The number of hydrogen-bond donors (Lipinski definition) is 2. The first kappa shape index (κ1) is 17.3. The summed E-state index contributed by atoms with van der Waals surface area (Å²) in [6.45, 7) is 5.29. The van der Waals surface area contributed by atoms with Gasteiger partial charge in [0.15, 0.2) is 5.96 Å². The molecule has 2 atom stereocenters. The number of anilines is 1. The van der Waals surface area contributed by atoms with Gasteiger partial charge in [0.25, 0.3) is 0 Å². The molecule has 22 heavy (non-hydrogen) atoms. The second-order valence-corrected chi connectivity index (χ2v) is 6.11. The van der Waals surface area contributed by atoms with Crippen LogP contribution in [0.1, 0.15) is 31.7 Å². The molecule has 1 aliphatic heterocycles. The summed E-state index contributed by atoms with van der Waals surface area (Å²) in [5, 5.41) is 6.78. The van der Waals surface area contributed by atoms with Crippen molar-refractivity contribution in [1.29, 1.82) is 0 Å². The molecular formula is C16H26IN5. The van der Waals surface area contributed by atoms with Gasteiger partial charge in [-0.05, 0) is 36.8 Å². The molecule has 1 aliphatic carbocycles. The number of guanidine groups is 1. The highest BCUT2D eigenvalue weighted by Gasteiger charge is 2.33. The summed E-state index contributed by atoms with van der Waals surface area (Å²) in [7, 11) is 1.82. The van der Waals surface area contributed by atoms with Crippen molar-refractivity contribution in [2.24, 2.45) is 10.9 Å². The van der Waals surface area contributed by atoms with Gasteiger partial charge in [-0.25, -0.2) is 4.98 Å². The predicted octanol–water partition coefficient (Wildman–Crippen LogP) is 2.37. The van der Waals surface area contributed by atoms with Gasteiger partial charge in [0.05, 0.1) is 0 Å². The molecule has 6 heteroatoms. The number of pyridine rings is 1. The van der Waals surface area contributed by atoms with Crippen molar-refractivity contribution in [2.45, 2.75) is 38.8 Å². The zero-order chi connectivity index (χ0) is 14.7. The summed E-state index contributed by atoms with van der Waals surface area (Å²) < 4.78 is 0. The standard InChI is InChI=1S/C16H25N5.HI/c1-12-9-14(12)20-16(17-2)19-11-13-5-6-15(18-10-13)21-7-3-4-8-21;/h5-6,10,12,14H,3-4,7-9,11H2,1-2H3,(H2,17,19,20);1H. The van der Waals surface area contributed by atoms with Crippen LogP contribution in [0.3, 0.4) is 0 Å². The van der Waals surface area contributed by atoms with E-state index in [1.54, 1.807) is 0 Å². The van der Waals surface area contributed by atoms with Crippen LogP contribution in [-0.2, 0) is 6.54 Å². The quantitative estimate of drug-likeness (QED) is 0.451. The van der Waals surface area contributed by atoms with E-state index in [-0.39, 0.29) is 24.0 Å². The van der Waals surface area contributed by atoms with Crippen molar-refractivity contribution >= 4 is 35.8 Å². The first-order valence-corrected chi connectivity index (χ1v) is 7.93. The lowest BCUT2D eigenvalue weighted by Crippen LogP contribution is -2.38. The number of halogens is 1. The van der Waals surface area contributed by atoms with E-state index < -0.39 is 0 Å². The number of aliphatic imine (C=N–C) groups is 1. The van der Waals surface area contributed by atoms with Gasteiger partial charge in [-0.3, -0.25) is 4.99 Å². The maximum Gasteiger partial charge on any atom is 0.191 e. The fraction of sp³-hybridized carbons (Fsp3) is 0.625. The molecule has 2 aliphatic rings. The van der Waals surface area contributed by atoms with Gasteiger partial charge in [-0.15, -0.1) is 24.0 Å². The van der Waals surface area contributed by atoms with Crippen LogP contribution in [-0.4, -0.2) is 37.1 Å². The molecule has 0 spiro atoms. The summed E-state index contributed by atoms with van der Waals surface area (Å²) in [6, 6.07) is 4.87. The number of hydrogen-bond acceptors (Lipinski definition) is 3. The fourth-order valence-corrected chi connectivity index (χ4v) is 2.73. The first-order chi connectivity index (χ1) is 10.3. The van der Waals surface area contributed by atoms with E-state index >= 15 is 0 Å². The van der Waals surface area contributed by atoms with Crippen LogP contribution in [0.25, 0.3) is 0 Å². The van der Waals surface area contributed by atoms with E-state index in [0.717, 1.165) is 37.3 Å². The zero-order valence-electron chi connectivity index (χ0n) is 13.4. The topological polar surface area (TPSA) is 52.6 Å². The maximum absolute atomic E-state index is 4.58. The highest BCUT2D eigenvalue weighted by molar-refractivity contribution is 14.0. The highest BCUT2D eigenvalue weighted by atomic mass is 127. The molecule has 1 aromatic rings. The van der Waals surface area contributed by atoms with Gasteiger partial charge in [0.2, 0.25) is 0 Å². The van der Waals surface area contributed by atoms with Crippen molar-refractivity contribution in [3.63, 3.8) is 0 Å². The molecule has 0 radical (unpaired) electrons. The van der Waals surface area contributed by atoms with E-state index in [1.807, 2.05) is 13.2 Å². The Balaban J connectivity index is 0.00000176. The maximum atomic E-state index is 4.58. The zero-order valence-corrected chi connectivity index (χ0v) is 15.7. The average Bonchev–Trinajstić information content (AvgIpc) is 2.99. The van der Waals surface area contributed by atoms with E-state index in [2.05, 4.69) is 44.6 Å². The Morgan fingerprint density at radius 2 is 2.09 bits per heavy atom. The summed E-state index contributed by atoms with van der Waals surface area (Å²) in [4.78, 5) is 11.2. The van der Waals surface area contributed by atoms with Crippen LogP contribution in [0.2, 0.25) is 0 Å². The number of nitrogens with one attached hydrogen (secondary N) is 2. The molecular weight excluding hydrogens is 389 g/mol. The van der Waals surface area contributed by atoms with Gasteiger partial charge in [0, 0.05) is 38.9 Å². The van der Waals surface area contributed by atoms with E-state index in [1.165, 1.54) is 24.8 Å². The van der Waals surface area contributed by atoms with Crippen molar-refractivity contribution in [2.75, 3.05) is 25.0 Å². The molecule has 1 saturated heterocycles.